The van der Waals surface area contributed by atoms with Crippen molar-refractivity contribution in [3.05, 3.63) is 29.3 Å². The third-order valence-corrected chi connectivity index (χ3v) is 5.89. The maximum absolute atomic E-state index is 12.5. The Labute approximate surface area is 159 Å². The van der Waals surface area contributed by atoms with Crippen LogP contribution in [0.4, 0.5) is 5.69 Å². The minimum Gasteiger partial charge on any atom is -0.478 e. The Morgan fingerprint density at radius 1 is 0.926 bits per heavy atom. The maximum atomic E-state index is 12.5. The first-order valence-electron chi connectivity index (χ1n) is 9.89. The summed E-state index contributed by atoms with van der Waals surface area (Å²) < 4.78 is 0. The third kappa shape index (κ3) is 4.87. The number of carboxylic acids is 1. The van der Waals surface area contributed by atoms with Gasteiger partial charge >= 0.3 is 5.97 Å². The van der Waals surface area contributed by atoms with Crippen LogP contribution in [0.2, 0.25) is 0 Å². The summed E-state index contributed by atoms with van der Waals surface area (Å²) in [6.45, 7) is 1.72. The van der Waals surface area contributed by atoms with Crippen LogP contribution >= 0.6 is 0 Å². The van der Waals surface area contributed by atoms with E-state index in [1.54, 1.807) is 19.1 Å². The van der Waals surface area contributed by atoms with Crippen molar-refractivity contribution in [1.82, 2.24) is 5.32 Å². The van der Waals surface area contributed by atoms with Crippen molar-refractivity contribution in [2.24, 2.45) is 11.8 Å². The van der Waals surface area contributed by atoms with Crippen LogP contribution in [0.15, 0.2) is 18.2 Å². The molecule has 0 spiro atoms. The van der Waals surface area contributed by atoms with E-state index in [1.165, 1.54) is 6.07 Å². The highest BCUT2D eigenvalue weighted by atomic mass is 16.4. The molecule has 2 fully saturated rings. The normalized spacial score (nSPS) is 23.0. The number of carbonyl (C=O) groups excluding carboxylic acids is 2. The van der Waals surface area contributed by atoms with Crippen molar-refractivity contribution in [3.63, 3.8) is 0 Å². The molecule has 2 saturated carbocycles. The summed E-state index contributed by atoms with van der Waals surface area (Å²) in [6, 6.07) is 5.01. The average molecular weight is 372 g/mol. The van der Waals surface area contributed by atoms with E-state index in [9.17, 15) is 14.4 Å². The third-order valence-electron chi connectivity index (χ3n) is 5.89. The monoisotopic (exact) mass is 372 g/mol. The number of carboxylic acid groups (broad SMARTS) is 1. The van der Waals surface area contributed by atoms with Crippen LogP contribution in [0.5, 0.6) is 0 Å². The molecular formula is C21H28N2O4. The molecule has 27 heavy (non-hydrogen) atoms. The number of carbonyl (C=O) groups is 3. The maximum Gasteiger partial charge on any atom is 0.335 e. The molecule has 3 rings (SSSR count). The van der Waals surface area contributed by atoms with Gasteiger partial charge in [0.05, 0.1) is 5.56 Å². The zero-order chi connectivity index (χ0) is 19.4. The van der Waals surface area contributed by atoms with E-state index < -0.39 is 5.97 Å². The fraction of sp³-hybridized carbons (Fsp3) is 0.571. The van der Waals surface area contributed by atoms with Gasteiger partial charge in [-0.05, 0) is 69.2 Å². The molecule has 0 aromatic heterocycles. The van der Waals surface area contributed by atoms with Gasteiger partial charge in [0.2, 0.25) is 11.8 Å². The first-order valence-corrected chi connectivity index (χ1v) is 9.89. The second-order valence-corrected chi connectivity index (χ2v) is 7.86. The van der Waals surface area contributed by atoms with Gasteiger partial charge < -0.3 is 15.7 Å². The number of amides is 2. The first-order chi connectivity index (χ1) is 12.9. The van der Waals surface area contributed by atoms with Gasteiger partial charge in [-0.2, -0.15) is 0 Å². The summed E-state index contributed by atoms with van der Waals surface area (Å²) in [5.41, 5.74) is 1.49. The highest BCUT2D eigenvalue weighted by Crippen LogP contribution is 2.28. The minimum absolute atomic E-state index is 0.0296. The fourth-order valence-corrected chi connectivity index (χ4v) is 4.23. The van der Waals surface area contributed by atoms with Crippen molar-refractivity contribution in [2.75, 3.05) is 5.32 Å². The van der Waals surface area contributed by atoms with E-state index in [0.717, 1.165) is 51.4 Å². The van der Waals surface area contributed by atoms with Crippen LogP contribution in [0.1, 0.15) is 67.3 Å². The molecule has 0 unspecified atom stereocenters. The molecule has 0 atom stereocenters. The summed E-state index contributed by atoms with van der Waals surface area (Å²) in [6.07, 6.45) is 7.48. The highest BCUT2D eigenvalue weighted by molar-refractivity contribution is 5.94. The zero-order valence-electron chi connectivity index (χ0n) is 15.8. The number of nitrogens with one attached hydrogen (secondary N) is 2. The van der Waals surface area contributed by atoms with E-state index in [0.29, 0.717) is 11.3 Å². The lowest BCUT2D eigenvalue weighted by Crippen LogP contribution is -2.41. The van der Waals surface area contributed by atoms with Gasteiger partial charge in [-0.25, -0.2) is 4.79 Å². The number of aromatic carboxylic acids is 1. The Morgan fingerprint density at radius 3 is 2.15 bits per heavy atom. The van der Waals surface area contributed by atoms with Gasteiger partial charge in [-0.3, -0.25) is 9.59 Å². The zero-order valence-corrected chi connectivity index (χ0v) is 15.8. The van der Waals surface area contributed by atoms with E-state index >= 15 is 0 Å². The van der Waals surface area contributed by atoms with Gasteiger partial charge in [0.1, 0.15) is 0 Å². The van der Waals surface area contributed by atoms with Gasteiger partial charge in [0.15, 0.2) is 0 Å². The van der Waals surface area contributed by atoms with Crippen LogP contribution in [0.3, 0.4) is 0 Å². The highest BCUT2D eigenvalue weighted by Gasteiger charge is 2.29. The molecule has 2 aliphatic rings. The number of hydrogen-bond acceptors (Lipinski definition) is 3. The molecule has 0 saturated heterocycles. The molecule has 0 radical (unpaired) electrons. The molecule has 0 aliphatic heterocycles. The van der Waals surface area contributed by atoms with Crippen molar-refractivity contribution >= 4 is 23.5 Å². The largest absolute Gasteiger partial charge is 0.478 e. The summed E-state index contributed by atoms with van der Waals surface area (Å²) in [7, 11) is 0. The summed E-state index contributed by atoms with van der Waals surface area (Å²) in [5.74, 6) is -0.692. The van der Waals surface area contributed by atoms with E-state index in [-0.39, 0.29) is 35.3 Å². The van der Waals surface area contributed by atoms with Crippen LogP contribution in [0, 0.1) is 18.8 Å². The Hall–Kier alpha value is -2.37. The molecular weight excluding hydrogens is 344 g/mol. The van der Waals surface area contributed by atoms with Crippen LogP contribution < -0.4 is 10.6 Å². The molecule has 1 aromatic carbocycles. The van der Waals surface area contributed by atoms with Gasteiger partial charge in [0.25, 0.3) is 0 Å². The van der Waals surface area contributed by atoms with Gasteiger partial charge in [-0.1, -0.05) is 12.8 Å². The standard InChI is InChI=1S/C21H28N2O4/c1-13-12-17(10-11-18(13)21(26)27)23-20(25)15-6-8-16(9-7-15)22-19(24)14-4-2-3-5-14/h10-12,14-16H,2-9H2,1H3,(H,22,24)(H,23,25)(H,26,27). The topological polar surface area (TPSA) is 95.5 Å². The minimum atomic E-state index is -0.969. The molecule has 6 nitrogen and oxygen atoms in total. The summed E-state index contributed by atoms with van der Waals surface area (Å²) in [4.78, 5) is 35.8. The lowest BCUT2D eigenvalue weighted by atomic mass is 9.85. The number of anilines is 1. The van der Waals surface area contributed by atoms with E-state index in [4.69, 9.17) is 5.11 Å². The second kappa shape index (κ2) is 8.55. The molecule has 3 N–H and O–H groups in total. The fourth-order valence-electron chi connectivity index (χ4n) is 4.23. The van der Waals surface area contributed by atoms with Crippen molar-refractivity contribution in [3.8, 4) is 0 Å². The molecule has 146 valence electrons. The Morgan fingerprint density at radius 2 is 1.56 bits per heavy atom. The molecule has 1 aromatic rings. The smallest absolute Gasteiger partial charge is 0.335 e. The first kappa shape index (κ1) is 19.4. The number of rotatable bonds is 5. The number of benzene rings is 1. The molecule has 6 heteroatoms. The predicted molar refractivity (Wildman–Crippen MR) is 103 cm³/mol. The van der Waals surface area contributed by atoms with Gasteiger partial charge in [-0.15, -0.1) is 0 Å². The van der Waals surface area contributed by atoms with E-state index in [2.05, 4.69) is 10.6 Å². The lowest BCUT2D eigenvalue weighted by Gasteiger charge is -2.29. The quantitative estimate of drug-likeness (QED) is 0.737. The van der Waals surface area contributed by atoms with Crippen LogP contribution in [-0.2, 0) is 9.59 Å². The van der Waals surface area contributed by atoms with Crippen molar-refractivity contribution in [2.45, 2.75) is 64.3 Å². The Balaban J connectivity index is 1.47. The summed E-state index contributed by atoms with van der Waals surface area (Å²) >= 11 is 0. The van der Waals surface area contributed by atoms with Crippen LogP contribution in [-0.4, -0.2) is 28.9 Å². The molecule has 0 heterocycles. The van der Waals surface area contributed by atoms with E-state index in [1.807, 2.05) is 0 Å². The Bertz CT molecular complexity index is 717. The van der Waals surface area contributed by atoms with Crippen molar-refractivity contribution in [1.29, 1.82) is 0 Å². The van der Waals surface area contributed by atoms with Gasteiger partial charge in [0, 0.05) is 23.6 Å². The van der Waals surface area contributed by atoms with Crippen molar-refractivity contribution < 1.29 is 19.5 Å². The lowest BCUT2D eigenvalue weighted by molar-refractivity contribution is -0.125. The molecule has 2 aliphatic carbocycles. The summed E-state index contributed by atoms with van der Waals surface area (Å²) in [5, 5.41) is 15.1. The second-order valence-electron chi connectivity index (χ2n) is 7.86. The number of hydrogen-bond donors (Lipinski definition) is 3. The average Bonchev–Trinajstić information content (AvgIpc) is 3.17. The molecule has 0 bridgehead atoms. The SMILES string of the molecule is Cc1cc(NC(=O)C2CCC(NC(=O)C3CCCC3)CC2)ccc1C(=O)O. The molecule has 2 amide bonds. The Kier molecular flexibility index (Phi) is 6.14. The van der Waals surface area contributed by atoms with Crippen LogP contribution in [0.25, 0.3) is 0 Å². The predicted octanol–water partition coefficient (Wildman–Crippen LogP) is 3.50. The number of aryl methyl sites for hydroxylation is 1.